The normalized spacial score (nSPS) is 17.6. The zero-order chi connectivity index (χ0) is 18.4. The first kappa shape index (κ1) is 18.5. The van der Waals surface area contributed by atoms with Crippen LogP contribution in [0.3, 0.4) is 0 Å². The average Bonchev–Trinajstić information content (AvgIpc) is 3.17. The van der Waals surface area contributed by atoms with Gasteiger partial charge in [0.2, 0.25) is 0 Å². The fourth-order valence-electron chi connectivity index (χ4n) is 3.66. The lowest BCUT2D eigenvalue weighted by Crippen LogP contribution is -2.38. The molecule has 6 nitrogen and oxygen atoms in total. The maximum atomic E-state index is 12.9. The maximum Gasteiger partial charge on any atom is 0.317 e. The second kappa shape index (κ2) is 8.43. The number of rotatable bonds is 7. The monoisotopic (exact) mass is 361 g/mol. The predicted molar refractivity (Wildman–Crippen MR) is 96.5 cm³/mol. The lowest BCUT2D eigenvalue weighted by atomic mass is 9.78. The van der Waals surface area contributed by atoms with E-state index >= 15 is 0 Å². The van der Waals surface area contributed by atoms with Crippen LogP contribution in [-0.2, 0) is 19.7 Å². The van der Waals surface area contributed by atoms with Crippen molar-refractivity contribution in [1.82, 2.24) is 5.32 Å². The van der Waals surface area contributed by atoms with E-state index in [1.807, 2.05) is 18.2 Å². The summed E-state index contributed by atoms with van der Waals surface area (Å²) in [7, 11) is 0. The third kappa shape index (κ3) is 3.94. The third-order valence-corrected chi connectivity index (χ3v) is 5.13. The molecule has 1 amide bonds. The third-order valence-electron chi connectivity index (χ3n) is 5.13. The highest BCUT2D eigenvalue weighted by Crippen LogP contribution is 2.45. The standard InChI is InChI=1S/C20H27NO5/c1-2-3-10-21-18(22)14-26-19(23)20(8-4-5-9-20)15-6-7-16-17(13-15)25-12-11-24-16/h6-7,13H,2-5,8-12,14H2,1H3,(H,21,22). The fraction of sp³-hybridized carbons (Fsp3) is 0.600. The van der Waals surface area contributed by atoms with E-state index < -0.39 is 5.41 Å². The van der Waals surface area contributed by atoms with Crippen LogP contribution in [0.4, 0.5) is 0 Å². The summed E-state index contributed by atoms with van der Waals surface area (Å²) in [6.07, 6.45) is 5.30. The summed E-state index contributed by atoms with van der Waals surface area (Å²) in [6.45, 7) is 3.48. The number of benzene rings is 1. The van der Waals surface area contributed by atoms with Gasteiger partial charge in [-0.3, -0.25) is 9.59 Å². The number of nitrogens with one attached hydrogen (secondary N) is 1. The molecule has 1 aliphatic carbocycles. The molecular weight excluding hydrogens is 334 g/mol. The van der Waals surface area contributed by atoms with Crippen molar-refractivity contribution in [3.8, 4) is 11.5 Å². The molecule has 3 rings (SSSR count). The quantitative estimate of drug-likeness (QED) is 0.597. The SMILES string of the molecule is CCCCNC(=O)COC(=O)C1(c2ccc3c(c2)OCCO3)CCCC1. The summed E-state index contributed by atoms with van der Waals surface area (Å²) in [5.74, 6) is 0.807. The van der Waals surface area contributed by atoms with Gasteiger partial charge in [0, 0.05) is 6.54 Å². The Kier molecular flexibility index (Phi) is 6.01. The Hall–Kier alpha value is -2.24. The molecule has 1 aliphatic heterocycles. The van der Waals surface area contributed by atoms with Crippen LogP contribution in [0.2, 0.25) is 0 Å². The number of hydrogen-bond acceptors (Lipinski definition) is 5. The van der Waals surface area contributed by atoms with Crippen molar-refractivity contribution in [3.63, 3.8) is 0 Å². The molecule has 0 bridgehead atoms. The molecule has 0 atom stereocenters. The highest BCUT2D eigenvalue weighted by molar-refractivity contribution is 5.87. The number of hydrogen-bond donors (Lipinski definition) is 1. The van der Waals surface area contributed by atoms with Gasteiger partial charge < -0.3 is 19.5 Å². The Balaban J connectivity index is 1.69. The molecule has 1 heterocycles. The van der Waals surface area contributed by atoms with Crippen LogP contribution in [0, 0.1) is 0 Å². The van der Waals surface area contributed by atoms with Crippen LogP contribution in [0.5, 0.6) is 11.5 Å². The van der Waals surface area contributed by atoms with E-state index in [0.717, 1.165) is 44.1 Å². The lowest BCUT2D eigenvalue weighted by molar-refractivity contribution is -0.154. The second-order valence-corrected chi connectivity index (χ2v) is 6.93. The number of esters is 1. The van der Waals surface area contributed by atoms with Gasteiger partial charge >= 0.3 is 5.97 Å². The highest BCUT2D eigenvalue weighted by Gasteiger charge is 2.45. The van der Waals surface area contributed by atoms with Gasteiger partial charge in [-0.2, -0.15) is 0 Å². The van der Waals surface area contributed by atoms with E-state index in [2.05, 4.69) is 12.2 Å². The average molecular weight is 361 g/mol. The number of carbonyl (C=O) groups is 2. The minimum absolute atomic E-state index is 0.227. The van der Waals surface area contributed by atoms with Crippen LogP contribution in [0.15, 0.2) is 18.2 Å². The van der Waals surface area contributed by atoms with Crippen molar-refractivity contribution < 1.29 is 23.8 Å². The number of ether oxygens (including phenoxy) is 3. The Bertz CT molecular complexity index is 652. The summed E-state index contributed by atoms with van der Waals surface area (Å²) < 4.78 is 16.6. The minimum atomic E-state index is -0.695. The van der Waals surface area contributed by atoms with E-state index in [-0.39, 0.29) is 18.5 Å². The van der Waals surface area contributed by atoms with Crippen molar-refractivity contribution in [2.24, 2.45) is 0 Å². The molecule has 0 saturated heterocycles. The molecule has 1 aromatic rings. The van der Waals surface area contributed by atoms with Crippen molar-refractivity contribution in [2.45, 2.75) is 50.9 Å². The molecule has 1 N–H and O–H groups in total. The van der Waals surface area contributed by atoms with E-state index in [1.165, 1.54) is 0 Å². The molecule has 0 unspecified atom stereocenters. The number of unbranched alkanes of at least 4 members (excludes halogenated alkanes) is 1. The molecule has 0 aromatic heterocycles. The Morgan fingerprint density at radius 2 is 1.88 bits per heavy atom. The topological polar surface area (TPSA) is 73.9 Å². The first-order valence-corrected chi connectivity index (χ1v) is 9.50. The summed E-state index contributed by atoms with van der Waals surface area (Å²) in [4.78, 5) is 24.7. The van der Waals surface area contributed by atoms with Crippen LogP contribution in [-0.4, -0.2) is 38.2 Å². The van der Waals surface area contributed by atoms with Crippen LogP contribution >= 0.6 is 0 Å². The summed E-state index contributed by atoms with van der Waals surface area (Å²) in [5.41, 5.74) is 0.190. The molecule has 6 heteroatoms. The first-order valence-electron chi connectivity index (χ1n) is 9.50. The zero-order valence-electron chi connectivity index (χ0n) is 15.3. The molecule has 0 radical (unpaired) electrons. The Morgan fingerprint density at radius 3 is 2.62 bits per heavy atom. The Morgan fingerprint density at radius 1 is 1.15 bits per heavy atom. The Labute approximate surface area is 154 Å². The van der Waals surface area contributed by atoms with Gasteiger partial charge in [0.25, 0.3) is 5.91 Å². The van der Waals surface area contributed by atoms with Gasteiger partial charge in [-0.1, -0.05) is 32.3 Å². The van der Waals surface area contributed by atoms with E-state index in [4.69, 9.17) is 14.2 Å². The van der Waals surface area contributed by atoms with Crippen molar-refractivity contribution >= 4 is 11.9 Å². The van der Waals surface area contributed by atoms with Gasteiger partial charge in [-0.05, 0) is 37.0 Å². The second-order valence-electron chi connectivity index (χ2n) is 6.93. The predicted octanol–water partition coefficient (Wildman–Crippen LogP) is 2.73. The van der Waals surface area contributed by atoms with Gasteiger partial charge in [0.15, 0.2) is 18.1 Å². The number of amides is 1. The number of carbonyl (C=O) groups excluding carboxylic acids is 2. The summed E-state index contributed by atoms with van der Waals surface area (Å²) >= 11 is 0. The molecule has 1 saturated carbocycles. The van der Waals surface area contributed by atoms with Gasteiger partial charge in [-0.15, -0.1) is 0 Å². The molecule has 0 spiro atoms. The largest absolute Gasteiger partial charge is 0.486 e. The van der Waals surface area contributed by atoms with Gasteiger partial charge in [0.05, 0.1) is 5.41 Å². The van der Waals surface area contributed by atoms with Crippen molar-refractivity contribution in [3.05, 3.63) is 23.8 Å². The van der Waals surface area contributed by atoms with Crippen molar-refractivity contribution in [1.29, 1.82) is 0 Å². The lowest BCUT2D eigenvalue weighted by Gasteiger charge is -2.28. The smallest absolute Gasteiger partial charge is 0.317 e. The van der Waals surface area contributed by atoms with Crippen molar-refractivity contribution in [2.75, 3.05) is 26.4 Å². The van der Waals surface area contributed by atoms with E-state index in [9.17, 15) is 9.59 Å². The molecular formula is C20H27NO5. The molecule has 2 aliphatic rings. The molecule has 1 aromatic carbocycles. The molecule has 142 valence electrons. The molecule has 1 fully saturated rings. The van der Waals surface area contributed by atoms with Crippen LogP contribution in [0.1, 0.15) is 51.0 Å². The maximum absolute atomic E-state index is 12.9. The summed E-state index contributed by atoms with van der Waals surface area (Å²) in [5, 5.41) is 2.77. The van der Waals surface area contributed by atoms with Crippen LogP contribution < -0.4 is 14.8 Å². The fourth-order valence-corrected chi connectivity index (χ4v) is 3.66. The van der Waals surface area contributed by atoms with Gasteiger partial charge in [-0.25, -0.2) is 0 Å². The van der Waals surface area contributed by atoms with E-state index in [0.29, 0.717) is 31.3 Å². The zero-order valence-corrected chi connectivity index (χ0v) is 15.3. The van der Waals surface area contributed by atoms with E-state index in [1.54, 1.807) is 0 Å². The first-order chi connectivity index (χ1) is 12.7. The molecule has 26 heavy (non-hydrogen) atoms. The van der Waals surface area contributed by atoms with Crippen LogP contribution in [0.25, 0.3) is 0 Å². The number of fused-ring (bicyclic) bond motifs is 1. The minimum Gasteiger partial charge on any atom is -0.486 e. The highest BCUT2D eigenvalue weighted by atomic mass is 16.6. The summed E-state index contributed by atoms with van der Waals surface area (Å²) in [6, 6.07) is 5.67. The van der Waals surface area contributed by atoms with Gasteiger partial charge in [0.1, 0.15) is 13.2 Å².